The molecule has 5 atom stereocenters. The molecule has 0 aliphatic carbocycles. The first kappa shape index (κ1) is 11.8. The third kappa shape index (κ3) is 2.05. The molecule has 84 valence electrons. The lowest BCUT2D eigenvalue weighted by Crippen LogP contribution is -2.60. The predicted octanol–water partition coefficient (Wildman–Crippen LogP) is -1.69. The molecule has 1 fully saturated rings. The van der Waals surface area contributed by atoms with E-state index in [4.69, 9.17) is 9.57 Å². The van der Waals surface area contributed by atoms with Crippen LogP contribution in [0, 0.1) is 0 Å². The number of aliphatic hydroxyl groups is 3. The van der Waals surface area contributed by atoms with E-state index in [0.717, 1.165) is 0 Å². The minimum Gasteiger partial charge on any atom is -0.388 e. The molecular formula is C8H17NO5. The maximum Gasteiger partial charge on any atom is 0.161 e. The van der Waals surface area contributed by atoms with Crippen LogP contribution in [0.1, 0.15) is 6.92 Å². The van der Waals surface area contributed by atoms with Gasteiger partial charge in [0.15, 0.2) is 6.23 Å². The standard InChI is InChI=1S/C8H17NO5/c1-4-5(10)6(11)7(12)8(14-4)9(2)13-3/h4-8,10-12H,1-3H3/t4?,5-,6?,7+,8-/m1/s1. The van der Waals surface area contributed by atoms with Gasteiger partial charge >= 0.3 is 0 Å². The molecule has 0 amide bonds. The van der Waals surface area contributed by atoms with Gasteiger partial charge in [0.1, 0.15) is 18.3 Å². The number of hydroxylamine groups is 2. The number of aliphatic hydroxyl groups excluding tert-OH is 3. The summed E-state index contributed by atoms with van der Waals surface area (Å²) >= 11 is 0. The highest BCUT2D eigenvalue weighted by atomic mass is 16.7. The van der Waals surface area contributed by atoms with Gasteiger partial charge in [-0.2, -0.15) is 5.06 Å². The fourth-order valence-corrected chi connectivity index (χ4v) is 1.43. The first-order valence-electron chi connectivity index (χ1n) is 4.45. The van der Waals surface area contributed by atoms with Crippen molar-refractivity contribution in [3.63, 3.8) is 0 Å². The van der Waals surface area contributed by atoms with E-state index in [9.17, 15) is 15.3 Å². The highest BCUT2D eigenvalue weighted by Crippen LogP contribution is 2.22. The van der Waals surface area contributed by atoms with Gasteiger partial charge in [-0.3, -0.25) is 4.84 Å². The molecule has 6 heteroatoms. The molecule has 0 aromatic heterocycles. The Morgan fingerprint density at radius 1 is 1.14 bits per heavy atom. The maximum absolute atomic E-state index is 9.57. The summed E-state index contributed by atoms with van der Waals surface area (Å²) in [6, 6.07) is 0. The van der Waals surface area contributed by atoms with Crippen molar-refractivity contribution >= 4 is 0 Å². The molecule has 1 aliphatic heterocycles. The van der Waals surface area contributed by atoms with Gasteiger partial charge < -0.3 is 20.1 Å². The SMILES string of the molecule is CON(C)[C@@H]1OC(C)[C@@H](O)C(O)[C@@H]1O. The molecule has 1 rings (SSSR count). The highest BCUT2D eigenvalue weighted by Gasteiger charge is 2.43. The molecular weight excluding hydrogens is 190 g/mol. The Morgan fingerprint density at radius 3 is 2.21 bits per heavy atom. The first-order valence-corrected chi connectivity index (χ1v) is 4.45. The topological polar surface area (TPSA) is 82.4 Å². The Labute approximate surface area is 82.6 Å². The Morgan fingerprint density at radius 2 is 1.71 bits per heavy atom. The van der Waals surface area contributed by atoms with Crippen LogP contribution in [-0.4, -0.2) is 65.2 Å². The normalized spacial score (nSPS) is 44.4. The molecule has 0 aromatic carbocycles. The number of likely N-dealkylation sites (N-methyl/N-ethyl adjacent to an activating group) is 1. The Balaban J connectivity index is 2.70. The second-order valence-electron chi connectivity index (χ2n) is 3.43. The van der Waals surface area contributed by atoms with Gasteiger partial charge in [-0.25, -0.2) is 0 Å². The van der Waals surface area contributed by atoms with Crippen LogP contribution in [0.4, 0.5) is 0 Å². The van der Waals surface area contributed by atoms with Gasteiger partial charge in [0.05, 0.1) is 13.2 Å². The van der Waals surface area contributed by atoms with E-state index >= 15 is 0 Å². The summed E-state index contributed by atoms with van der Waals surface area (Å²) in [5.74, 6) is 0. The van der Waals surface area contributed by atoms with Crippen LogP contribution in [0.25, 0.3) is 0 Å². The van der Waals surface area contributed by atoms with Crippen molar-refractivity contribution in [1.82, 2.24) is 5.06 Å². The monoisotopic (exact) mass is 207 g/mol. The first-order chi connectivity index (χ1) is 6.49. The highest BCUT2D eigenvalue weighted by molar-refractivity contribution is 4.88. The van der Waals surface area contributed by atoms with Crippen LogP contribution in [-0.2, 0) is 9.57 Å². The third-order valence-corrected chi connectivity index (χ3v) is 2.47. The molecule has 2 unspecified atom stereocenters. The zero-order valence-electron chi connectivity index (χ0n) is 8.49. The van der Waals surface area contributed by atoms with Crippen LogP contribution in [0.3, 0.4) is 0 Å². The molecule has 0 spiro atoms. The van der Waals surface area contributed by atoms with Crippen LogP contribution in [0.2, 0.25) is 0 Å². The summed E-state index contributed by atoms with van der Waals surface area (Å²) in [6.45, 7) is 1.62. The molecule has 3 N–H and O–H groups in total. The lowest BCUT2D eigenvalue weighted by atomic mass is 9.99. The number of nitrogens with zero attached hydrogens (tertiary/aromatic N) is 1. The van der Waals surface area contributed by atoms with Crippen molar-refractivity contribution in [2.45, 2.75) is 37.6 Å². The fourth-order valence-electron chi connectivity index (χ4n) is 1.43. The average molecular weight is 207 g/mol. The largest absolute Gasteiger partial charge is 0.388 e. The van der Waals surface area contributed by atoms with E-state index < -0.39 is 30.6 Å². The Bertz CT molecular complexity index is 191. The summed E-state index contributed by atoms with van der Waals surface area (Å²) in [5.41, 5.74) is 0. The molecule has 1 aliphatic rings. The van der Waals surface area contributed by atoms with Crippen LogP contribution in [0.5, 0.6) is 0 Å². The zero-order chi connectivity index (χ0) is 10.9. The van der Waals surface area contributed by atoms with Gasteiger partial charge in [0, 0.05) is 7.05 Å². The second-order valence-corrected chi connectivity index (χ2v) is 3.43. The lowest BCUT2D eigenvalue weighted by molar-refractivity contribution is -0.314. The minimum atomic E-state index is -1.22. The van der Waals surface area contributed by atoms with Gasteiger partial charge in [0.2, 0.25) is 0 Å². The van der Waals surface area contributed by atoms with Crippen molar-refractivity contribution < 1.29 is 24.9 Å². The van der Waals surface area contributed by atoms with Crippen molar-refractivity contribution in [3.8, 4) is 0 Å². The number of rotatable bonds is 2. The molecule has 0 bridgehead atoms. The van der Waals surface area contributed by atoms with Gasteiger partial charge in [-0.15, -0.1) is 0 Å². The van der Waals surface area contributed by atoms with E-state index in [2.05, 4.69) is 0 Å². The number of hydrogen-bond donors (Lipinski definition) is 3. The summed E-state index contributed by atoms with van der Waals surface area (Å²) in [6.07, 6.45) is -4.80. The van der Waals surface area contributed by atoms with E-state index in [1.54, 1.807) is 14.0 Å². The molecule has 0 radical (unpaired) electrons. The molecule has 1 saturated heterocycles. The Hall–Kier alpha value is -0.240. The van der Waals surface area contributed by atoms with Gasteiger partial charge in [-0.1, -0.05) is 0 Å². The Kier molecular flexibility index (Phi) is 3.82. The summed E-state index contributed by atoms with van der Waals surface area (Å²) in [7, 11) is 3.00. The number of ether oxygens (including phenoxy) is 1. The molecule has 6 nitrogen and oxygen atoms in total. The van der Waals surface area contributed by atoms with E-state index in [1.165, 1.54) is 12.2 Å². The van der Waals surface area contributed by atoms with Crippen molar-refractivity contribution in [2.24, 2.45) is 0 Å². The third-order valence-electron chi connectivity index (χ3n) is 2.47. The van der Waals surface area contributed by atoms with Gasteiger partial charge in [0.25, 0.3) is 0 Å². The van der Waals surface area contributed by atoms with E-state index in [0.29, 0.717) is 0 Å². The molecule has 0 saturated carbocycles. The van der Waals surface area contributed by atoms with Crippen molar-refractivity contribution in [1.29, 1.82) is 0 Å². The molecule has 0 aromatic rings. The molecule has 1 heterocycles. The average Bonchev–Trinajstić information content (AvgIpc) is 2.19. The smallest absolute Gasteiger partial charge is 0.161 e. The lowest BCUT2D eigenvalue weighted by Gasteiger charge is -2.41. The fraction of sp³-hybridized carbons (Fsp3) is 1.00. The summed E-state index contributed by atoms with van der Waals surface area (Å²) in [4.78, 5) is 4.85. The second kappa shape index (κ2) is 4.52. The maximum atomic E-state index is 9.57. The summed E-state index contributed by atoms with van der Waals surface area (Å²) in [5, 5.41) is 29.7. The zero-order valence-corrected chi connectivity index (χ0v) is 8.49. The van der Waals surface area contributed by atoms with Crippen LogP contribution in [0.15, 0.2) is 0 Å². The summed E-state index contributed by atoms with van der Waals surface area (Å²) < 4.78 is 5.27. The van der Waals surface area contributed by atoms with E-state index in [-0.39, 0.29) is 0 Å². The predicted molar refractivity (Wildman–Crippen MR) is 47.1 cm³/mol. The quantitative estimate of drug-likeness (QED) is 0.469. The van der Waals surface area contributed by atoms with Crippen molar-refractivity contribution in [3.05, 3.63) is 0 Å². The van der Waals surface area contributed by atoms with Gasteiger partial charge in [-0.05, 0) is 6.92 Å². The van der Waals surface area contributed by atoms with Crippen LogP contribution < -0.4 is 0 Å². The van der Waals surface area contributed by atoms with Crippen LogP contribution >= 0.6 is 0 Å². The minimum absolute atomic E-state index is 0.545. The molecule has 14 heavy (non-hydrogen) atoms. The number of hydrogen-bond acceptors (Lipinski definition) is 6. The van der Waals surface area contributed by atoms with E-state index in [1.807, 2.05) is 0 Å². The van der Waals surface area contributed by atoms with Crippen molar-refractivity contribution in [2.75, 3.05) is 14.2 Å².